The number of carbonyl (C=O) groups excluding carboxylic acids is 1. The molecule has 1 aliphatic rings. The largest absolute Gasteiger partial charge is 0.491 e. The first-order chi connectivity index (χ1) is 6.75. The molecule has 3 nitrogen and oxygen atoms in total. The molecule has 0 aliphatic carbocycles. The number of carbonyl (C=O) groups is 1. The molecule has 1 atom stereocenters. The van der Waals surface area contributed by atoms with Crippen molar-refractivity contribution >= 4 is 5.78 Å². The van der Waals surface area contributed by atoms with Crippen molar-refractivity contribution in [2.24, 2.45) is 0 Å². The summed E-state index contributed by atoms with van der Waals surface area (Å²) in [6.45, 7) is 2.94. The zero-order valence-electron chi connectivity index (χ0n) is 8.03. The topological polar surface area (TPSA) is 38.8 Å². The summed E-state index contributed by atoms with van der Waals surface area (Å²) in [4.78, 5) is 11.0. The molecule has 0 amide bonds. The molecule has 0 N–H and O–H groups in total. The molecule has 0 spiro atoms. The summed E-state index contributed by atoms with van der Waals surface area (Å²) >= 11 is 0. The molecule has 0 unspecified atom stereocenters. The van der Waals surface area contributed by atoms with Crippen LogP contribution in [-0.2, 0) is 4.74 Å². The highest BCUT2D eigenvalue weighted by Gasteiger charge is 2.22. The molecule has 1 aliphatic heterocycles. The summed E-state index contributed by atoms with van der Waals surface area (Å²) < 4.78 is 10.4. The number of hydrogen-bond acceptors (Lipinski definition) is 3. The predicted octanol–water partition coefficient (Wildman–Crippen LogP) is 1.67. The first-order valence-electron chi connectivity index (χ1n) is 4.61. The second kappa shape index (κ2) is 3.80. The van der Waals surface area contributed by atoms with Crippen LogP contribution in [0, 0.1) is 0 Å². The Kier molecular flexibility index (Phi) is 2.50. The van der Waals surface area contributed by atoms with Crippen molar-refractivity contribution in [2.45, 2.75) is 13.0 Å². The molecule has 14 heavy (non-hydrogen) atoms. The van der Waals surface area contributed by atoms with E-state index in [1.54, 1.807) is 31.2 Å². The molecule has 74 valence electrons. The Morgan fingerprint density at radius 2 is 2.14 bits per heavy atom. The van der Waals surface area contributed by atoms with Crippen LogP contribution in [0.2, 0.25) is 0 Å². The maximum Gasteiger partial charge on any atom is 0.159 e. The van der Waals surface area contributed by atoms with Crippen molar-refractivity contribution in [1.29, 1.82) is 0 Å². The first kappa shape index (κ1) is 9.21. The smallest absolute Gasteiger partial charge is 0.159 e. The highest BCUT2D eigenvalue weighted by molar-refractivity contribution is 5.94. The standard InChI is InChI=1S/C11H12O3/c1-8(12)9-2-4-10(5-3-9)13-6-11-7-14-11/h2-5,11H,6-7H2,1H3/t11-/m1/s1. The van der Waals surface area contributed by atoms with Crippen LogP contribution in [0.5, 0.6) is 5.75 Å². The number of Topliss-reactive ketones (excluding diaryl/α,β-unsaturated/α-hetero) is 1. The Morgan fingerprint density at radius 1 is 1.50 bits per heavy atom. The number of epoxide rings is 1. The van der Waals surface area contributed by atoms with Gasteiger partial charge in [-0.05, 0) is 31.2 Å². The molecule has 2 rings (SSSR count). The minimum Gasteiger partial charge on any atom is -0.491 e. The predicted molar refractivity (Wildman–Crippen MR) is 51.7 cm³/mol. The minimum absolute atomic E-state index is 0.0714. The van der Waals surface area contributed by atoms with Gasteiger partial charge in [0.05, 0.1) is 6.61 Å². The van der Waals surface area contributed by atoms with E-state index in [0.717, 1.165) is 12.4 Å². The van der Waals surface area contributed by atoms with Gasteiger partial charge in [-0.1, -0.05) is 0 Å². The van der Waals surface area contributed by atoms with E-state index in [1.165, 1.54) is 0 Å². The van der Waals surface area contributed by atoms with Crippen LogP contribution < -0.4 is 4.74 Å². The van der Waals surface area contributed by atoms with Crippen molar-refractivity contribution in [1.82, 2.24) is 0 Å². The molecule has 1 fully saturated rings. The number of rotatable bonds is 4. The minimum atomic E-state index is 0.0714. The Labute approximate surface area is 82.6 Å². The van der Waals surface area contributed by atoms with E-state index in [0.29, 0.717) is 12.2 Å². The lowest BCUT2D eigenvalue weighted by Gasteiger charge is -2.03. The van der Waals surface area contributed by atoms with E-state index in [2.05, 4.69) is 0 Å². The third-order valence-corrected chi connectivity index (χ3v) is 2.10. The number of benzene rings is 1. The molecule has 1 heterocycles. The van der Waals surface area contributed by atoms with Gasteiger partial charge in [-0.25, -0.2) is 0 Å². The lowest BCUT2D eigenvalue weighted by Crippen LogP contribution is -2.04. The molecule has 1 aromatic carbocycles. The molecule has 0 radical (unpaired) electrons. The average Bonchev–Trinajstić information content (AvgIpc) is 2.99. The maximum atomic E-state index is 11.0. The molecule has 3 heteroatoms. The van der Waals surface area contributed by atoms with Gasteiger partial charge in [0, 0.05) is 5.56 Å². The Hall–Kier alpha value is -1.35. The van der Waals surface area contributed by atoms with Crippen LogP contribution in [-0.4, -0.2) is 25.1 Å². The van der Waals surface area contributed by atoms with Crippen molar-refractivity contribution in [3.05, 3.63) is 29.8 Å². The summed E-state index contributed by atoms with van der Waals surface area (Å²) in [6, 6.07) is 7.15. The van der Waals surface area contributed by atoms with Crippen LogP contribution in [0.4, 0.5) is 0 Å². The zero-order chi connectivity index (χ0) is 9.97. The molecule has 0 saturated carbocycles. The third kappa shape index (κ3) is 2.33. The summed E-state index contributed by atoms with van der Waals surface area (Å²) in [7, 11) is 0. The van der Waals surface area contributed by atoms with Gasteiger partial charge in [0.2, 0.25) is 0 Å². The second-order valence-electron chi connectivity index (χ2n) is 3.35. The SMILES string of the molecule is CC(=O)c1ccc(OC[C@@H]2CO2)cc1. The summed E-state index contributed by atoms with van der Waals surface area (Å²) in [5.74, 6) is 0.854. The monoisotopic (exact) mass is 192 g/mol. The molecule has 1 aromatic rings. The summed E-state index contributed by atoms with van der Waals surface area (Å²) in [5.41, 5.74) is 0.708. The van der Waals surface area contributed by atoms with Crippen molar-refractivity contribution in [3.8, 4) is 5.75 Å². The lowest BCUT2D eigenvalue weighted by molar-refractivity contribution is 0.101. The van der Waals surface area contributed by atoms with Crippen molar-refractivity contribution in [2.75, 3.05) is 13.2 Å². The Bertz CT molecular complexity index is 325. The van der Waals surface area contributed by atoms with Gasteiger partial charge in [-0.15, -0.1) is 0 Å². The Balaban J connectivity index is 1.94. The van der Waals surface area contributed by atoms with E-state index in [1.807, 2.05) is 0 Å². The van der Waals surface area contributed by atoms with Gasteiger partial charge in [0.15, 0.2) is 5.78 Å². The Morgan fingerprint density at radius 3 is 2.64 bits per heavy atom. The molecular weight excluding hydrogens is 180 g/mol. The van der Waals surface area contributed by atoms with E-state index >= 15 is 0 Å². The van der Waals surface area contributed by atoms with Crippen LogP contribution in [0.25, 0.3) is 0 Å². The average molecular weight is 192 g/mol. The van der Waals surface area contributed by atoms with Crippen LogP contribution >= 0.6 is 0 Å². The molecule has 0 bridgehead atoms. The van der Waals surface area contributed by atoms with E-state index in [9.17, 15) is 4.79 Å². The van der Waals surface area contributed by atoms with Crippen molar-refractivity contribution in [3.63, 3.8) is 0 Å². The van der Waals surface area contributed by atoms with Gasteiger partial charge in [0.1, 0.15) is 18.5 Å². The summed E-state index contributed by atoms with van der Waals surface area (Å²) in [5, 5.41) is 0. The molecule has 1 saturated heterocycles. The van der Waals surface area contributed by atoms with Crippen LogP contribution in [0.3, 0.4) is 0 Å². The normalized spacial score (nSPS) is 19.1. The first-order valence-corrected chi connectivity index (χ1v) is 4.61. The fraction of sp³-hybridized carbons (Fsp3) is 0.364. The van der Waals surface area contributed by atoms with E-state index < -0.39 is 0 Å². The van der Waals surface area contributed by atoms with Gasteiger partial charge in [-0.2, -0.15) is 0 Å². The number of hydrogen-bond donors (Lipinski definition) is 0. The number of ether oxygens (including phenoxy) is 2. The van der Waals surface area contributed by atoms with Crippen LogP contribution in [0.15, 0.2) is 24.3 Å². The van der Waals surface area contributed by atoms with Gasteiger partial charge in [-0.3, -0.25) is 4.79 Å². The fourth-order valence-electron chi connectivity index (χ4n) is 1.14. The molecular formula is C11H12O3. The highest BCUT2D eigenvalue weighted by Crippen LogP contribution is 2.15. The van der Waals surface area contributed by atoms with E-state index in [-0.39, 0.29) is 11.9 Å². The summed E-state index contributed by atoms with van der Waals surface area (Å²) in [6.07, 6.45) is 0.266. The van der Waals surface area contributed by atoms with Gasteiger partial charge < -0.3 is 9.47 Å². The van der Waals surface area contributed by atoms with Crippen molar-refractivity contribution < 1.29 is 14.3 Å². The number of ketones is 1. The fourth-order valence-corrected chi connectivity index (χ4v) is 1.14. The zero-order valence-corrected chi connectivity index (χ0v) is 8.03. The second-order valence-corrected chi connectivity index (χ2v) is 3.35. The van der Waals surface area contributed by atoms with Crippen LogP contribution in [0.1, 0.15) is 17.3 Å². The molecule has 0 aromatic heterocycles. The van der Waals surface area contributed by atoms with Gasteiger partial charge in [0.25, 0.3) is 0 Å². The van der Waals surface area contributed by atoms with E-state index in [4.69, 9.17) is 9.47 Å². The third-order valence-electron chi connectivity index (χ3n) is 2.10. The maximum absolute atomic E-state index is 11.0. The quantitative estimate of drug-likeness (QED) is 0.538. The van der Waals surface area contributed by atoms with Gasteiger partial charge >= 0.3 is 0 Å². The highest BCUT2D eigenvalue weighted by atomic mass is 16.6. The lowest BCUT2D eigenvalue weighted by atomic mass is 10.1.